The number of amides is 1. The van der Waals surface area contributed by atoms with Gasteiger partial charge in [0.05, 0.1) is 19.8 Å². The van der Waals surface area contributed by atoms with Crippen molar-refractivity contribution >= 4 is 5.91 Å². The van der Waals surface area contributed by atoms with Gasteiger partial charge in [0.15, 0.2) is 0 Å². The Morgan fingerprint density at radius 3 is 2.80 bits per heavy atom. The summed E-state index contributed by atoms with van der Waals surface area (Å²) in [4.78, 5) is 12.2. The first-order chi connectivity index (χ1) is 9.74. The highest BCUT2D eigenvalue weighted by atomic mass is 16.5. The Morgan fingerprint density at radius 2 is 2.15 bits per heavy atom. The molecule has 110 valence electrons. The minimum atomic E-state index is -0.0933. The molecule has 20 heavy (non-hydrogen) atoms. The standard InChI is InChI=1S/C15H21NO4/c1-3-20-14-10-19-9-8-13(14)16-15(17)11-4-6-12(18-2)7-5-11/h4-7,13-14H,3,8-10H2,1-2H3,(H,16,17)/t13-,14-/m1/s1. The van der Waals surface area contributed by atoms with Gasteiger partial charge >= 0.3 is 0 Å². The van der Waals surface area contributed by atoms with Crippen molar-refractivity contribution in [2.24, 2.45) is 0 Å². The van der Waals surface area contributed by atoms with Gasteiger partial charge in [0.25, 0.3) is 5.91 Å². The number of nitrogens with one attached hydrogen (secondary N) is 1. The molecule has 2 atom stereocenters. The highest BCUT2D eigenvalue weighted by Gasteiger charge is 2.27. The van der Waals surface area contributed by atoms with Crippen molar-refractivity contribution < 1.29 is 19.0 Å². The van der Waals surface area contributed by atoms with Crippen molar-refractivity contribution in [3.05, 3.63) is 29.8 Å². The third-order valence-electron chi connectivity index (χ3n) is 3.35. The smallest absolute Gasteiger partial charge is 0.251 e. The fourth-order valence-electron chi connectivity index (χ4n) is 2.25. The number of ether oxygens (including phenoxy) is 3. The average Bonchev–Trinajstić information content (AvgIpc) is 2.49. The van der Waals surface area contributed by atoms with Crippen LogP contribution in [0.3, 0.4) is 0 Å². The molecule has 1 N–H and O–H groups in total. The maximum atomic E-state index is 12.2. The maximum absolute atomic E-state index is 12.2. The molecule has 1 aliphatic heterocycles. The molecular weight excluding hydrogens is 258 g/mol. The van der Waals surface area contributed by atoms with Gasteiger partial charge in [0, 0.05) is 18.8 Å². The van der Waals surface area contributed by atoms with Gasteiger partial charge in [-0.15, -0.1) is 0 Å². The van der Waals surface area contributed by atoms with Crippen LogP contribution in [-0.4, -0.2) is 45.0 Å². The number of methoxy groups -OCH3 is 1. The molecule has 1 aromatic rings. The lowest BCUT2D eigenvalue weighted by Gasteiger charge is -2.31. The van der Waals surface area contributed by atoms with Crippen LogP contribution in [0.25, 0.3) is 0 Å². The van der Waals surface area contributed by atoms with Crippen LogP contribution in [-0.2, 0) is 9.47 Å². The SMILES string of the molecule is CCO[C@@H]1COCC[C@H]1NC(=O)c1ccc(OC)cc1. The Balaban J connectivity index is 1.97. The summed E-state index contributed by atoms with van der Waals surface area (Å²) in [6.07, 6.45) is 0.697. The Labute approximate surface area is 119 Å². The van der Waals surface area contributed by atoms with Crippen molar-refractivity contribution in [3.63, 3.8) is 0 Å². The zero-order chi connectivity index (χ0) is 14.4. The zero-order valence-corrected chi connectivity index (χ0v) is 11.9. The maximum Gasteiger partial charge on any atom is 0.251 e. The molecule has 1 aromatic carbocycles. The van der Waals surface area contributed by atoms with Crippen LogP contribution < -0.4 is 10.1 Å². The summed E-state index contributed by atoms with van der Waals surface area (Å²) in [7, 11) is 1.60. The van der Waals surface area contributed by atoms with E-state index < -0.39 is 0 Å². The second-order valence-electron chi connectivity index (χ2n) is 4.67. The molecule has 0 saturated carbocycles. The van der Waals surface area contributed by atoms with E-state index in [0.29, 0.717) is 25.4 Å². The summed E-state index contributed by atoms with van der Waals surface area (Å²) in [6, 6.07) is 7.06. The van der Waals surface area contributed by atoms with E-state index in [1.54, 1.807) is 31.4 Å². The number of carbonyl (C=O) groups excluding carboxylic acids is 1. The first kappa shape index (κ1) is 14.8. The number of hydrogen-bond acceptors (Lipinski definition) is 4. The molecule has 1 saturated heterocycles. The number of carbonyl (C=O) groups is 1. The third-order valence-corrected chi connectivity index (χ3v) is 3.35. The molecule has 0 bridgehead atoms. The molecule has 1 heterocycles. The second kappa shape index (κ2) is 7.26. The van der Waals surface area contributed by atoms with E-state index >= 15 is 0 Å². The Kier molecular flexibility index (Phi) is 5.38. The van der Waals surface area contributed by atoms with Crippen LogP contribution in [0.2, 0.25) is 0 Å². The molecule has 5 nitrogen and oxygen atoms in total. The number of rotatable bonds is 5. The normalized spacial score (nSPS) is 22.3. The quantitative estimate of drug-likeness (QED) is 0.890. The molecular formula is C15H21NO4. The highest BCUT2D eigenvalue weighted by Crippen LogP contribution is 2.14. The molecule has 2 rings (SSSR count). The molecule has 1 aliphatic rings. The summed E-state index contributed by atoms with van der Waals surface area (Å²) in [5.74, 6) is 0.643. The largest absolute Gasteiger partial charge is 0.497 e. The van der Waals surface area contributed by atoms with Crippen LogP contribution in [0.1, 0.15) is 23.7 Å². The summed E-state index contributed by atoms with van der Waals surface area (Å²) >= 11 is 0. The molecule has 0 spiro atoms. The average molecular weight is 279 g/mol. The van der Waals surface area contributed by atoms with Gasteiger partial charge in [-0.1, -0.05) is 0 Å². The monoisotopic (exact) mass is 279 g/mol. The molecule has 0 radical (unpaired) electrons. The van der Waals surface area contributed by atoms with E-state index in [1.807, 2.05) is 6.92 Å². The Morgan fingerprint density at radius 1 is 1.40 bits per heavy atom. The first-order valence-electron chi connectivity index (χ1n) is 6.89. The van der Waals surface area contributed by atoms with Gasteiger partial charge < -0.3 is 19.5 Å². The second-order valence-corrected chi connectivity index (χ2v) is 4.67. The fraction of sp³-hybridized carbons (Fsp3) is 0.533. The van der Waals surface area contributed by atoms with Crippen LogP contribution in [0.15, 0.2) is 24.3 Å². The van der Waals surface area contributed by atoms with Crippen molar-refractivity contribution in [1.82, 2.24) is 5.32 Å². The first-order valence-corrected chi connectivity index (χ1v) is 6.89. The van der Waals surface area contributed by atoms with Crippen molar-refractivity contribution in [2.75, 3.05) is 26.9 Å². The van der Waals surface area contributed by atoms with Crippen molar-refractivity contribution in [1.29, 1.82) is 0 Å². The molecule has 0 aromatic heterocycles. The van der Waals surface area contributed by atoms with Gasteiger partial charge in [0.1, 0.15) is 11.9 Å². The van der Waals surface area contributed by atoms with E-state index in [0.717, 1.165) is 12.2 Å². The molecule has 1 fully saturated rings. The van der Waals surface area contributed by atoms with Gasteiger partial charge in [-0.2, -0.15) is 0 Å². The number of hydrogen-bond donors (Lipinski definition) is 1. The van der Waals surface area contributed by atoms with Crippen LogP contribution in [0.4, 0.5) is 0 Å². The van der Waals surface area contributed by atoms with Gasteiger partial charge in [-0.05, 0) is 37.6 Å². The molecule has 0 unspecified atom stereocenters. The minimum absolute atomic E-state index is 0.00157. The van der Waals surface area contributed by atoms with Crippen LogP contribution in [0.5, 0.6) is 5.75 Å². The fourth-order valence-corrected chi connectivity index (χ4v) is 2.25. The van der Waals surface area contributed by atoms with E-state index in [2.05, 4.69) is 5.32 Å². The van der Waals surface area contributed by atoms with Crippen LogP contribution >= 0.6 is 0 Å². The van der Waals surface area contributed by atoms with Crippen LogP contribution in [0, 0.1) is 0 Å². The third kappa shape index (κ3) is 3.71. The van der Waals surface area contributed by atoms with E-state index in [4.69, 9.17) is 14.2 Å². The van der Waals surface area contributed by atoms with E-state index in [1.165, 1.54) is 0 Å². The van der Waals surface area contributed by atoms with Crippen molar-refractivity contribution in [2.45, 2.75) is 25.5 Å². The predicted molar refractivity (Wildman–Crippen MR) is 75.1 cm³/mol. The summed E-state index contributed by atoms with van der Waals surface area (Å²) < 4.78 is 16.1. The molecule has 1 amide bonds. The lowest BCUT2D eigenvalue weighted by molar-refractivity contribution is -0.0632. The van der Waals surface area contributed by atoms with E-state index in [-0.39, 0.29) is 18.1 Å². The Bertz CT molecular complexity index is 430. The van der Waals surface area contributed by atoms with Gasteiger partial charge in [-0.25, -0.2) is 0 Å². The lowest BCUT2D eigenvalue weighted by Crippen LogP contribution is -2.50. The topological polar surface area (TPSA) is 56.8 Å². The predicted octanol–water partition coefficient (Wildman–Crippen LogP) is 1.62. The van der Waals surface area contributed by atoms with Gasteiger partial charge in [0.2, 0.25) is 0 Å². The van der Waals surface area contributed by atoms with E-state index in [9.17, 15) is 4.79 Å². The Hall–Kier alpha value is -1.59. The summed E-state index contributed by atoms with van der Waals surface area (Å²) in [6.45, 7) is 3.73. The highest BCUT2D eigenvalue weighted by molar-refractivity contribution is 5.94. The zero-order valence-electron chi connectivity index (χ0n) is 11.9. The summed E-state index contributed by atoms with van der Waals surface area (Å²) in [5.41, 5.74) is 0.618. The molecule has 5 heteroatoms. The van der Waals surface area contributed by atoms with Crippen molar-refractivity contribution in [3.8, 4) is 5.75 Å². The lowest BCUT2D eigenvalue weighted by atomic mass is 10.1. The minimum Gasteiger partial charge on any atom is -0.497 e. The number of benzene rings is 1. The van der Waals surface area contributed by atoms with Gasteiger partial charge in [-0.3, -0.25) is 4.79 Å². The molecule has 0 aliphatic carbocycles. The summed E-state index contributed by atoms with van der Waals surface area (Å²) in [5, 5.41) is 3.02.